The maximum absolute atomic E-state index is 11.7. The number of nitrogens with zero attached hydrogens (tertiary/aromatic N) is 2. The van der Waals surface area contributed by atoms with Gasteiger partial charge < -0.3 is 20.7 Å². The number of amides is 1. The third kappa shape index (κ3) is 5.86. The molecule has 7 nitrogen and oxygen atoms in total. The first-order chi connectivity index (χ1) is 13.7. The Morgan fingerprint density at radius 2 is 1.96 bits per heavy atom. The fourth-order valence-electron chi connectivity index (χ4n) is 3.63. The van der Waals surface area contributed by atoms with Crippen molar-refractivity contribution >= 4 is 11.9 Å². The molecule has 0 bridgehead atoms. The topological polar surface area (TPSA) is 78.0 Å². The van der Waals surface area contributed by atoms with Crippen LogP contribution in [-0.2, 0) is 4.79 Å². The number of nitrogens with one attached hydrogen (secondary N) is 3. The highest BCUT2D eigenvalue weighted by Crippen LogP contribution is 2.28. The molecule has 1 saturated heterocycles. The van der Waals surface area contributed by atoms with Crippen molar-refractivity contribution in [1.29, 1.82) is 0 Å². The predicted octanol–water partition coefficient (Wildman–Crippen LogP) is 1.52. The van der Waals surface area contributed by atoms with E-state index in [2.05, 4.69) is 38.0 Å². The van der Waals surface area contributed by atoms with Crippen LogP contribution in [-0.4, -0.2) is 63.6 Å². The number of carbonyl (C=O) groups excluding carboxylic acids is 1. The van der Waals surface area contributed by atoms with Gasteiger partial charge >= 0.3 is 0 Å². The molecule has 1 unspecified atom stereocenters. The van der Waals surface area contributed by atoms with E-state index in [0.717, 1.165) is 44.2 Å². The zero-order chi connectivity index (χ0) is 19.8. The minimum atomic E-state index is 0.178. The second-order valence-electron chi connectivity index (χ2n) is 7.48. The van der Waals surface area contributed by atoms with Crippen molar-refractivity contribution in [3.8, 4) is 5.75 Å². The van der Waals surface area contributed by atoms with Gasteiger partial charge in [-0.1, -0.05) is 12.1 Å². The molecule has 2 aliphatic rings. The molecule has 1 aromatic carbocycles. The van der Waals surface area contributed by atoms with Gasteiger partial charge in [-0.15, -0.1) is 0 Å². The highest BCUT2D eigenvalue weighted by Gasteiger charge is 2.29. The van der Waals surface area contributed by atoms with E-state index in [9.17, 15) is 4.79 Å². The Balaban J connectivity index is 1.51. The Bertz CT molecular complexity index is 669. The zero-order valence-corrected chi connectivity index (χ0v) is 17.0. The maximum atomic E-state index is 11.7. The molecule has 1 atom stereocenters. The normalized spacial score (nSPS) is 18.6. The molecule has 1 heterocycles. The minimum absolute atomic E-state index is 0.178. The molecular formula is C21H33N5O2. The monoisotopic (exact) mass is 387 g/mol. The van der Waals surface area contributed by atoms with Crippen LogP contribution in [0.5, 0.6) is 5.75 Å². The molecule has 154 valence electrons. The van der Waals surface area contributed by atoms with Crippen molar-refractivity contribution in [3.05, 3.63) is 29.8 Å². The molecule has 28 heavy (non-hydrogen) atoms. The van der Waals surface area contributed by atoms with Crippen molar-refractivity contribution in [2.75, 3.05) is 46.9 Å². The first-order valence-electron chi connectivity index (χ1n) is 10.3. The number of guanidine groups is 1. The van der Waals surface area contributed by atoms with Gasteiger partial charge in [-0.2, -0.15) is 0 Å². The molecule has 7 heteroatoms. The standard InChI is InChI=1S/C21H33N5O2/c1-22-21(24-11-10-23-20(27)16-8-9-16)25-15-19(26-12-3-4-13-26)17-6-5-7-18(14-17)28-2/h5-7,14,16,19H,3-4,8-13,15H2,1-2H3,(H,23,27)(H2,22,24,25). The van der Waals surface area contributed by atoms with Crippen molar-refractivity contribution in [2.45, 2.75) is 31.7 Å². The lowest BCUT2D eigenvalue weighted by atomic mass is 10.1. The third-order valence-corrected chi connectivity index (χ3v) is 5.41. The smallest absolute Gasteiger partial charge is 0.223 e. The zero-order valence-electron chi connectivity index (χ0n) is 17.0. The van der Waals surface area contributed by atoms with Crippen LogP contribution < -0.4 is 20.7 Å². The summed E-state index contributed by atoms with van der Waals surface area (Å²) in [6.45, 7) is 4.26. The highest BCUT2D eigenvalue weighted by atomic mass is 16.5. The Hall–Kier alpha value is -2.28. The van der Waals surface area contributed by atoms with Crippen LogP contribution in [0, 0.1) is 5.92 Å². The van der Waals surface area contributed by atoms with Gasteiger partial charge in [-0.25, -0.2) is 0 Å². The van der Waals surface area contributed by atoms with Gasteiger partial charge in [-0.3, -0.25) is 14.7 Å². The molecule has 0 aromatic heterocycles. The third-order valence-electron chi connectivity index (χ3n) is 5.41. The lowest BCUT2D eigenvalue weighted by Gasteiger charge is -2.29. The molecule has 0 spiro atoms. The van der Waals surface area contributed by atoms with E-state index in [-0.39, 0.29) is 17.9 Å². The molecular weight excluding hydrogens is 354 g/mol. The molecule has 1 aliphatic heterocycles. The number of likely N-dealkylation sites (tertiary alicyclic amines) is 1. The summed E-state index contributed by atoms with van der Waals surface area (Å²) in [7, 11) is 3.48. The molecule has 1 saturated carbocycles. The van der Waals surface area contributed by atoms with Gasteiger partial charge in [0.05, 0.1) is 13.2 Å². The number of carbonyl (C=O) groups is 1. The average Bonchev–Trinajstić information content (AvgIpc) is 3.45. The number of hydrogen-bond donors (Lipinski definition) is 3. The quantitative estimate of drug-likeness (QED) is 0.340. The Morgan fingerprint density at radius 1 is 1.21 bits per heavy atom. The average molecular weight is 388 g/mol. The second-order valence-corrected chi connectivity index (χ2v) is 7.48. The van der Waals surface area contributed by atoms with Crippen LogP contribution >= 0.6 is 0 Å². The fraction of sp³-hybridized carbons (Fsp3) is 0.619. The molecule has 1 aliphatic carbocycles. The van der Waals surface area contributed by atoms with Gasteiger partial charge in [-0.05, 0) is 56.5 Å². The minimum Gasteiger partial charge on any atom is -0.497 e. The van der Waals surface area contributed by atoms with Gasteiger partial charge in [0.1, 0.15) is 5.75 Å². The number of methoxy groups -OCH3 is 1. The molecule has 0 radical (unpaired) electrons. The van der Waals surface area contributed by atoms with E-state index >= 15 is 0 Å². The van der Waals surface area contributed by atoms with E-state index in [1.807, 2.05) is 12.1 Å². The molecule has 1 aromatic rings. The summed E-state index contributed by atoms with van der Waals surface area (Å²) in [6.07, 6.45) is 4.55. The number of ether oxygens (including phenoxy) is 1. The Labute approximate surface area is 167 Å². The van der Waals surface area contributed by atoms with Crippen molar-refractivity contribution in [3.63, 3.8) is 0 Å². The summed E-state index contributed by atoms with van der Waals surface area (Å²) in [5, 5.41) is 9.70. The van der Waals surface area contributed by atoms with Crippen LogP contribution in [0.4, 0.5) is 0 Å². The van der Waals surface area contributed by atoms with E-state index in [0.29, 0.717) is 13.1 Å². The van der Waals surface area contributed by atoms with Crippen molar-refractivity contribution in [1.82, 2.24) is 20.9 Å². The molecule has 1 amide bonds. The molecule has 3 rings (SSSR count). The SMILES string of the molecule is CN=C(NCCNC(=O)C1CC1)NCC(c1cccc(OC)c1)N1CCCC1. The van der Waals surface area contributed by atoms with Crippen LogP contribution in [0.25, 0.3) is 0 Å². The largest absolute Gasteiger partial charge is 0.497 e. The van der Waals surface area contributed by atoms with Crippen molar-refractivity contribution in [2.24, 2.45) is 10.9 Å². The summed E-state index contributed by atoms with van der Waals surface area (Å²) in [4.78, 5) is 18.5. The molecule has 2 fully saturated rings. The number of rotatable bonds is 9. The lowest BCUT2D eigenvalue weighted by molar-refractivity contribution is -0.122. The molecule has 3 N–H and O–H groups in total. The number of benzene rings is 1. The Kier molecular flexibility index (Phi) is 7.54. The van der Waals surface area contributed by atoms with Crippen LogP contribution in [0.3, 0.4) is 0 Å². The van der Waals surface area contributed by atoms with Gasteiger partial charge in [0.15, 0.2) is 5.96 Å². The Morgan fingerprint density at radius 3 is 2.64 bits per heavy atom. The van der Waals surface area contributed by atoms with Crippen LogP contribution in [0.2, 0.25) is 0 Å². The summed E-state index contributed by atoms with van der Waals surface area (Å²) in [5.74, 6) is 2.07. The fourth-order valence-corrected chi connectivity index (χ4v) is 3.63. The highest BCUT2D eigenvalue weighted by molar-refractivity contribution is 5.81. The summed E-state index contributed by atoms with van der Waals surface area (Å²) < 4.78 is 5.41. The summed E-state index contributed by atoms with van der Waals surface area (Å²) in [5.41, 5.74) is 1.25. The number of aliphatic imine (C=N–C) groups is 1. The van der Waals surface area contributed by atoms with E-state index in [4.69, 9.17) is 4.74 Å². The second kappa shape index (κ2) is 10.3. The van der Waals surface area contributed by atoms with Crippen LogP contribution in [0.1, 0.15) is 37.3 Å². The van der Waals surface area contributed by atoms with E-state index in [1.54, 1.807) is 14.2 Å². The van der Waals surface area contributed by atoms with Crippen LogP contribution in [0.15, 0.2) is 29.3 Å². The summed E-state index contributed by atoms with van der Waals surface area (Å²) in [6, 6.07) is 8.58. The predicted molar refractivity (Wildman–Crippen MR) is 112 cm³/mol. The van der Waals surface area contributed by atoms with Gasteiger partial charge in [0.2, 0.25) is 5.91 Å². The van der Waals surface area contributed by atoms with E-state index in [1.165, 1.54) is 18.4 Å². The number of hydrogen-bond acceptors (Lipinski definition) is 4. The first-order valence-corrected chi connectivity index (χ1v) is 10.3. The summed E-state index contributed by atoms with van der Waals surface area (Å²) >= 11 is 0. The first kappa shape index (κ1) is 20.5. The van der Waals surface area contributed by atoms with Gasteiger partial charge in [0, 0.05) is 32.6 Å². The lowest BCUT2D eigenvalue weighted by Crippen LogP contribution is -2.45. The van der Waals surface area contributed by atoms with Gasteiger partial charge in [0.25, 0.3) is 0 Å². The maximum Gasteiger partial charge on any atom is 0.223 e. The van der Waals surface area contributed by atoms with E-state index < -0.39 is 0 Å². The van der Waals surface area contributed by atoms with Crippen molar-refractivity contribution < 1.29 is 9.53 Å².